The Labute approximate surface area is 347 Å². The highest BCUT2D eigenvalue weighted by molar-refractivity contribution is 5.84. The number of carbonyl (C=O) groups excluding carboxylic acids is 1. The lowest BCUT2D eigenvalue weighted by atomic mass is 9.65. The molecule has 4 bridgehead atoms. The smallest absolute Gasteiger partial charge is 0.302 e. The van der Waals surface area contributed by atoms with Crippen LogP contribution in [0.5, 0.6) is 28.7 Å². The lowest BCUT2D eigenvalue weighted by molar-refractivity contribution is -0.141. The number of methoxy groups -OCH3 is 1. The number of nitrogens with one attached hydrogen (secondary N) is 2. The summed E-state index contributed by atoms with van der Waals surface area (Å²) in [6.07, 6.45) is 4.70. The molecule has 3 aromatic carbocycles. The van der Waals surface area contributed by atoms with Gasteiger partial charge in [0.2, 0.25) is 0 Å². The van der Waals surface area contributed by atoms with Crippen molar-refractivity contribution in [2.75, 3.05) is 46.1 Å². The van der Waals surface area contributed by atoms with E-state index >= 15 is 0 Å². The molecule has 11 nitrogen and oxygen atoms in total. The quantitative estimate of drug-likeness (QED) is 0.0579. The molecule has 59 heavy (non-hydrogen) atoms. The number of ether oxygens (including phenoxy) is 4. The summed E-state index contributed by atoms with van der Waals surface area (Å²) in [6.45, 7) is 7.92. The van der Waals surface area contributed by atoms with E-state index < -0.39 is 6.10 Å². The molecule has 8 rings (SSSR count). The van der Waals surface area contributed by atoms with E-state index in [1.54, 1.807) is 19.2 Å². The van der Waals surface area contributed by atoms with Gasteiger partial charge < -0.3 is 45.5 Å². The van der Waals surface area contributed by atoms with Crippen LogP contribution in [0.15, 0.2) is 48.5 Å². The number of phenols is 2. The van der Waals surface area contributed by atoms with Gasteiger partial charge in [-0.1, -0.05) is 38.0 Å². The topological polar surface area (TPSA) is 157 Å². The van der Waals surface area contributed by atoms with Crippen molar-refractivity contribution in [2.45, 2.75) is 89.3 Å². The predicted octanol–water partition coefficient (Wildman–Crippen LogP) is 6.88. The summed E-state index contributed by atoms with van der Waals surface area (Å²) >= 11 is 0. The van der Waals surface area contributed by atoms with Gasteiger partial charge in [-0.2, -0.15) is 0 Å². The zero-order valence-electron chi connectivity index (χ0n) is 34.7. The molecule has 1 saturated carbocycles. The monoisotopic (exact) mass is 800 g/mol. The highest BCUT2D eigenvalue weighted by Crippen LogP contribution is 2.62. The maximum atomic E-state index is 12.5. The third kappa shape index (κ3) is 8.00. The first kappa shape index (κ1) is 40.3. The van der Waals surface area contributed by atoms with E-state index in [-0.39, 0.29) is 47.9 Å². The summed E-state index contributed by atoms with van der Waals surface area (Å²) in [5, 5.41) is 29.3. The van der Waals surface area contributed by atoms with Crippen molar-refractivity contribution >= 4 is 11.8 Å². The first-order valence-electron chi connectivity index (χ1n) is 21.0. The van der Waals surface area contributed by atoms with Crippen molar-refractivity contribution in [3.8, 4) is 51.7 Å². The zero-order valence-corrected chi connectivity index (χ0v) is 34.7. The van der Waals surface area contributed by atoms with Crippen LogP contribution in [0.3, 0.4) is 0 Å². The predicted molar refractivity (Wildman–Crippen MR) is 227 cm³/mol. The lowest BCUT2D eigenvalue weighted by Gasteiger charge is -2.39. The van der Waals surface area contributed by atoms with Crippen LogP contribution in [0.2, 0.25) is 0 Å². The fourth-order valence-electron chi connectivity index (χ4n) is 9.97. The minimum absolute atomic E-state index is 0.00200. The summed E-state index contributed by atoms with van der Waals surface area (Å²) in [4.78, 5) is 17.2. The average Bonchev–Trinajstić information content (AvgIpc) is 3.77. The normalized spacial score (nSPS) is 21.4. The van der Waals surface area contributed by atoms with Gasteiger partial charge in [0.05, 0.1) is 13.0 Å². The zero-order chi connectivity index (χ0) is 41.4. The van der Waals surface area contributed by atoms with E-state index in [1.807, 2.05) is 25.2 Å². The highest BCUT2D eigenvalue weighted by Gasteiger charge is 2.51. The number of benzene rings is 3. The van der Waals surface area contributed by atoms with E-state index in [9.17, 15) is 15.0 Å². The maximum absolute atomic E-state index is 12.5. The molecule has 5 atom stereocenters. The standard InChI is InChI=1S/C48H56N4O7/c1-27(2)14-16-51-25-34(24-50-4)58-41-21-37-30(19-40(41)55)7-6-8-39-31(9-12-43(49)52-39)17-29-13-15-48(22-29)23-32-18-33(54)20-42(56-5)44(32)36-11-10-35-38(26-57-28(3)53)46(37)59-47(35)45(36)48/h9-12,18-21,27,29,34,38,46,50-51,54-55H,7,13-17,22-26H2,1-5H3,(H2,49,52)/t29-,34+,38-,46+,48+/m0/s1. The van der Waals surface area contributed by atoms with E-state index in [4.69, 9.17) is 29.7 Å². The van der Waals surface area contributed by atoms with Crippen molar-refractivity contribution in [1.82, 2.24) is 15.6 Å². The number of carbonyl (C=O) groups is 1. The first-order valence-corrected chi connectivity index (χ1v) is 21.0. The molecule has 310 valence electrons. The summed E-state index contributed by atoms with van der Waals surface area (Å²) in [5.41, 5.74) is 14.3. The Balaban J connectivity index is 1.31. The third-order valence-corrected chi connectivity index (χ3v) is 12.6. The SMILES string of the molecule is CNC[C@H](CNCCC(C)C)Oc1cc2c(cc1O)CC#Cc1nc(N)ccc1C[C@@H]1CC[C@]3(Cc4cc(O)cc(OC)c4-c4ccc5c(c43)O[C@H]2[C@H]5COC(C)=O)C1. The number of pyridine rings is 1. The molecule has 0 saturated heterocycles. The van der Waals surface area contributed by atoms with Crippen molar-refractivity contribution in [3.63, 3.8) is 0 Å². The van der Waals surface area contributed by atoms with Crippen LogP contribution < -0.4 is 30.6 Å². The minimum Gasteiger partial charge on any atom is -0.508 e. The summed E-state index contributed by atoms with van der Waals surface area (Å²) in [6, 6.07) is 15.3. The van der Waals surface area contributed by atoms with E-state index in [0.717, 1.165) is 88.9 Å². The number of likely N-dealkylation sites (N-methyl/N-ethyl adjacent to an activating group) is 1. The van der Waals surface area contributed by atoms with Gasteiger partial charge in [0.1, 0.15) is 47.6 Å². The number of anilines is 1. The van der Waals surface area contributed by atoms with Crippen molar-refractivity contribution in [2.24, 2.45) is 11.8 Å². The molecule has 1 aromatic heterocycles. The number of aromatic hydroxyl groups is 2. The summed E-state index contributed by atoms with van der Waals surface area (Å²) in [7, 11) is 3.52. The van der Waals surface area contributed by atoms with Crippen LogP contribution in [-0.4, -0.2) is 67.7 Å². The van der Waals surface area contributed by atoms with Gasteiger partial charge in [-0.25, -0.2) is 4.98 Å². The maximum Gasteiger partial charge on any atom is 0.302 e. The molecule has 0 radical (unpaired) electrons. The van der Waals surface area contributed by atoms with Crippen LogP contribution in [0, 0.1) is 23.7 Å². The van der Waals surface area contributed by atoms with Crippen LogP contribution >= 0.6 is 0 Å². The second-order valence-electron chi connectivity index (χ2n) is 17.2. The number of aromatic nitrogens is 1. The van der Waals surface area contributed by atoms with E-state index in [1.165, 1.54) is 6.92 Å². The molecule has 4 aliphatic rings. The summed E-state index contributed by atoms with van der Waals surface area (Å²) < 4.78 is 25.7. The number of phenolic OH excluding ortho intramolecular Hbond substituents is 2. The molecule has 6 N–H and O–H groups in total. The average molecular weight is 801 g/mol. The second-order valence-corrected chi connectivity index (χ2v) is 17.2. The fourth-order valence-corrected chi connectivity index (χ4v) is 9.97. The number of nitrogens with zero attached hydrogens (tertiary/aromatic N) is 1. The number of hydrogen-bond donors (Lipinski definition) is 5. The number of nitrogens with two attached hydrogens (primary N) is 1. The third-order valence-electron chi connectivity index (χ3n) is 12.6. The molecule has 11 heteroatoms. The number of esters is 1. The molecule has 4 aromatic rings. The number of hydrogen-bond acceptors (Lipinski definition) is 11. The number of nitrogen functional groups attached to an aromatic ring is 1. The van der Waals surface area contributed by atoms with Gasteiger partial charge >= 0.3 is 5.97 Å². The number of rotatable bonds is 12. The molecule has 0 amide bonds. The Hall–Kier alpha value is -5.44. The largest absolute Gasteiger partial charge is 0.508 e. The molecule has 1 spiro atoms. The molecule has 2 aliphatic heterocycles. The molecule has 3 heterocycles. The molecule has 2 aliphatic carbocycles. The highest BCUT2D eigenvalue weighted by atomic mass is 16.5. The van der Waals surface area contributed by atoms with Gasteiger partial charge in [0, 0.05) is 60.2 Å². The van der Waals surface area contributed by atoms with Crippen molar-refractivity contribution in [1.29, 1.82) is 0 Å². The van der Waals surface area contributed by atoms with E-state index in [0.29, 0.717) is 54.4 Å². The van der Waals surface area contributed by atoms with Crippen LogP contribution in [0.1, 0.15) is 97.6 Å². The second kappa shape index (κ2) is 16.7. The van der Waals surface area contributed by atoms with Gasteiger partial charge in [0.15, 0.2) is 11.5 Å². The number of fused-ring (bicyclic) bond motifs is 7. The fraction of sp³-hybridized carbons (Fsp3) is 0.458. The van der Waals surface area contributed by atoms with Crippen LogP contribution in [0.4, 0.5) is 5.82 Å². The van der Waals surface area contributed by atoms with Gasteiger partial charge in [-0.15, -0.1) is 0 Å². The van der Waals surface area contributed by atoms with E-state index in [2.05, 4.69) is 54.5 Å². The molecule has 1 fully saturated rings. The first-order chi connectivity index (χ1) is 28.5. The van der Waals surface area contributed by atoms with Crippen molar-refractivity contribution < 1.29 is 34.0 Å². The molecular weight excluding hydrogens is 745 g/mol. The minimum atomic E-state index is -0.605. The molecule has 0 unspecified atom stereocenters. The Morgan fingerprint density at radius 1 is 1.07 bits per heavy atom. The lowest BCUT2D eigenvalue weighted by Crippen LogP contribution is -2.39. The van der Waals surface area contributed by atoms with Crippen LogP contribution in [-0.2, 0) is 34.2 Å². The Bertz CT molecular complexity index is 2310. The van der Waals surface area contributed by atoms with Gasteiger partial charge in [-0.05, 0) is 116 Å². The molecular formula is C48H56N4O7. The van der Waals surface area contributed by atoms with Crippen LogP contribution in [0.25, 0.3) is 11.1 Å². The van der Waals surface area contributed by atoms with Crippen molar-refractivity contribution in [3.05, 3.63) is 87.6 Å². The van der Waals surface area contributed by atoms with Gasteiger partial charge in [-0.3, -0.25) is 4.79 Å². The Morgan fingerprint density at radius 2 is 1.92 bits per heavy atom. The Kier molecular flexibility index (Phi) is 11.4. The Morgan fingerprint density at radius 3 is 2.69 bits per heavy atom. The van der Waals surface area contributed by atoms with Gasteiger partial charge in [0.25, 0.3) is 0 Å². The summed E-state index contributed by atoms with van der Waals surface area (Å²) in [5.74, 6) is 9.18.